The van der Waals surface area contributed by atoms with Crippen LogP contribution in [-0.4, -0.2) is 29.8 Å². The summed E-state index contributed by atoms with van der Waals surface area (Å²) < 4.78 is 12.9. The Morgan fingerprint density at radius 3 is 2.44 bits per heavy atom. The normalized spacial score (nSPS) is 17.5. The van der Waals surface area contributed by atoms with Gasteiger partial charge in [0.2, 0.25) is 0 Å². The van der Waals surface area contributed by atoms with Gasteiger partial charge >= 0.3 is 0 Å². The first kappa shape index (κ1) is 25.5. The highest BCUT2D eigenvalue weighted by Crippen LogP contribution is 2.52. The number of hydrogen-bond donors (Lipinski definition) is 1. The number of aromatic nitrogens is 1. The zero-order chi connectivity index (χ0) is 25.9. The number of ether oxygens (including phenoxy) is 2. The van der Waals surface area contributed by atoms with Gasteiger partial charge in [0.25, 0.3) is 0 Å². The van der Waals surface area contributed by atoms with Crippen LogP contribution < -0.4 is 9.64 Å². The van der Waals surface area contributed by atoms with Gasteiger partial charge in [-0.1, -0.05) is 44.2 Å². The summed E-state index contributed by atoms with van der Waals surface area (Å²) in [7, 11) is 0. The number of rotatable bonds is 9. The van der Waals surface area contributed by atoms with Crippen LogP contribution in [0.3, 0.4) is 0 Å². The van der Waals surface area contributed by atoms with Crippen LogP contribution in [0.1, 0.15) is 68.5 Å². The molecule has 0 radical (unpaired) electrons. The van der Waals surface area contributed by atoms with E-state index in [4.69, 9.17) is 9.47 Å². The van der Waals surface area contributed by atoms with Crippen molar-refractivity contribution in [3.8, 4) is 17.6 Å². The molecule has 3 aromatic rings. The van der Waals surface area contributed by atoms with Crippen LogP contribution in [0.4, 0.5) is 5.69 Å². The molecule has 0 spiro atoms. The van der Waals surface area contributed by atoms with Crippen molar-refractivity contribution in [1.29, 1.82) is 5.26 Å². The molecule has 2 heterocycles. The van der Waals surface area contributed by atoms with Crippen molar-refractivity contribution in [2.24, 2.45) is 5.92 Å². The number of anilines is 1. The van der Waals surface area contributed by atoms with Crippen LogP contribution in [-0.2, 0) is 16.9 Å². The third-order valence-electron chi connectivity index (χ3n) is 7.05. The monoisotopic (exact) mass is 485 g/mol. The Morgan fingerprint density at radius 2 is 1.83 bits per heavy atom. The predicted molar refractivity (Wildman–Crippen MR) is 141 cm³/mol. The first-order valence-electron chi connectivity index (χ1n) is 12.7. The maximum atomic E-state index is 11.3. The summed E-state index contributed by atoms with van der Waals surface area (Å²) >= 11 is 0. The lowest BCUT2D eigenvalue weighted by Crippen LogP contribution is -2.30. The van der Waals surface area contributed by atoms with E-state index in [2.05, 4.69) is 48.0 Å². The van der Waals surface area contributed by atoms with Crippen LogP contribution in [0.5, 0.6) is 11.5 Å². The van der Waals surface area contributed by atoms with Crippen LogP contribution >= 0.6 is 0 Å². The maximum absolute atomic E-state index is 11.3. The largest absolute Gasteiger partial charge is 0.506 e. The molecular formula is C30H35N3O3. The Morgan fingerprint density at radius 1 is 1.11 bits per heavy atom. The Hall–Kier alpha value is -3.56. The molecule has 1 N–H and O–H groups in total. The molecule has 6 nitrogen and oxygen atoms in total. The molecule has 2 aromatic carbocycles. The topological polar surface area (TPSA) is 78.6 Å². The highest BCUT2D eigenvalue weighted by molar-refractivity contribution is 5.63. The Labute approximate surface area is 214 Å². The molecule has 36 heavy (non-hydrogen) atoms. The van der Waals surface area contributed by atoms with Crippen LogP contribution in [0.2, 0.25) is 0 Å². The van der Waals surface area contributed by atoms with Crippen molar-refractivity contribution in [2.45, 2.75) is 52.7 Å². The van der Waals surface area contributed by atoms with E-state index in [0.717, 1.165) is 41.2 Å². The molecule has 6 heteroatoms. The average Bonchev–Trinajstić information content (AvgIpc) is 3.28. The molecule has 0 fully saturated rings. The van der Waals surface area contributed by atoms with Gasteiger partial charge in [-0.2, -0.15) is 5.26 Å². The zero-order valence-corrected chi connectivity index (χ0v) is 21.8. The van der Waals surface area contributed by atoms with Gasteiger partial charge in [0.1, 0.15) is 17.1 Å². The van der Waals surface area contributed by atoms with Crippen LogP contribution in [0, 0.1) is 17.2 Å². The Kier molecular flexibility index (Phi) is 7.51. The number of benzene rings is 2. The van der Waals surface area contributed by atoms with E-state index in [1.165, 1.54) is 0 Å². The van der Waals surface area contributed by atoms with E-state index in [1.807, 2.05) is 51.1 Å². The summed E-state index contributed by atoms with van der Waals surface area (Å²) in [5.74, 6) is 0.293. The number of hydrogen-bond acceptors (Lipinski definition) is 6. The van der Waals surface area contributed by atoms with Gasteiger partial charge in [0.15, 0.2) is 0 Å². The molecule has 0 saturated carbocycles. The molecule has 2 atom stereocenters. The van der Waals surface area contributed by atoms with E-state index in [0.29, 0.717) is 17.9 Å². The lowest BCUT2D eigenvalue weighted by molar-refractivity contribution is 0.0243. The van der Waals surface area contributed by atoms with Crippen molar-refractivity contribution in [2.75, 3.05) is 24.6 Å². The number of nitriles is 1. The van der Waals surface area contributed by atoms with Crippen molar-refractivity contribution in [3.63, 3.8) is 0 Å². The second kappa shape index (κ2) is 10.6. The molecule has 188 valence electrons. The summed E-state index contributed by atoms with van der Waals surface area (Å²) in [4.78, 5) is 6.91. The first-order chi connectivity index (χ1) is 17.4. The van der Waals surface area contributed by atoms with Gasteiger partial charge < -0.3 is 19.5 Å². The molecular weight excluding hydrogens is 450 g/mol. The Bertz CT molecular complexity index is 1250. The summed E-state index contributed by atoms with van der Waals surface area (Å²) in [6.45, 7) is 12.6. The van der Waals surface area contributed by atoms with E-state index in [1.54, 1.807) is 6.20 Å². The molecule has 0 saturated heterocycles. The van der Waals surface area contributed by atoms with E-state index < -0.39 is 11.5 Å². The second-order valence-electron chi connectivity index (χ2n) is 9.36. The van der Waals surface area contributed by atoms with Gasteiger partial charge in [-0.15, -0.1) is 0 Å². The van der Waals surface area contributed by atoms with E-state index >= 15 is 0 Å². The van der Waals surface area contributed by atoms with E-state index in [9.17, 15) is 10.4 Å². The van der Waals surface area contributed by atoms with E-state index in [-0.39, 0.29) is 18.3 Å². The number of pyridine rings is 1. The first-order valence-corrected chi connectivity index (χ1v) is 12.7. The Balaban J connectivity index is 1.98. The molecule has 1 aliphatic rings. The highest BCUT2D eigenvalue weighted by atomic mass is 16.5. The minimum atomic E-state index is -1.01. The summed E-state index contributed by atoms with van der Waals surface area (Å²) in [6.07, 6.45) is 1.77. The SMILES string of the molecule is CCOc1cc(N(CC)CC)ccc1C1(c2ccccc2)OCc2c1cnc(C(C#N)C(C)C)c2O. The minimum Gasteiger partial charge on any atom is -0.506 e. The standard InChI is InChI=1S/C30H35N3O3/c1-6-33(7-2)22-14-15-25(27(16-22)35-8-3)30(21-12-10-9-11-13-21)26-18-32-28(23(17-31)20(4)5)29(34)24(26)19-36-30/h9-16,18,20,23,34H,6-8,19H2,1-5H3. The fourth-order valence-corrected chi connectivity index (χ4v) is 5.17. The lowest BCUT2D eigenvalue weighted by atomic mass is 9.79. The second-order valence-corrected chi connectivity index (χ2v) is 9.36. The van der Waals surface area contributed by atoms with Crippen LogP contribution in [0.15, 0.2) is 54.7 Å². The quantitative estimate of drug-likeness (QED) is 0.394. The van der Waals surface area contributed by atoms with Crippen molar-refractivity contribution in [3.05, 3.63) is 82.7 Å². The summed E-state index contributed by atoms with van der Waals surface area (Å²) in [5.41, 5.74) is 3.70. The maximum Gasteiger partial charge on any atom is 0.149 e. The number of nitrogens with zero attached hydrogens (tertiary/aromatic N) is 3. The van der Waals surface area contributed by atoms with Gasteiger partial charge in [-0.3, -0.25) is 4.98 Å². The molecule has 1 aromatic heterocycles. The molecule has 0 bridgehead atoms. The molecule has 0 amide bonds. The predicted octanol–water partition coefficient (Wildman–Crippen LogP) is 6.12. The molecule has 1 aliphatic heterocycles. The third kappa shape index (κ3) is 4.18. The molecule has 2 unspecified atom stereocenters. The fraction of sp³-hybridized carbons (Fsp3) is 0.400. The number of aromatic hydroxyl groups is 1. The average molecular weight is 486 g/mol. The highest BCUT2D eigenvalue weighted by Gasteiger charge is 2.47. The minimum absolute atomic E-state index is 0.0184. The van der Waals surface area contributed by atoms with Crippen molar-refractivity contribution >= 4 is 5.69 Å². The lowest BCUT2D eigenvalue weighted by Gasteiger charge is -2.33. The fourth-order valence-electron chi connectivity index (χ4n) is 5.17. The smallest absolute Gasteiger partial charge is 0.149 e. The molecule has 4 rings (SSSR count). The van der Waals surface area contributed by atoms with Crippen molar-refractivity contribution in [1.82, 2.24) is 4.98 Å². The van der Waals surface area contributed by atoms with Gasteiger partial charge in [-0.05, 0) is 44.4 Å². The van der Waals surface area contributed by atoms with Gasteiger partial charge in [0.05, 0.1) is 30.9 Å². The molecule has 0 aliphatic carbocycles. The van der Waals surface area contributed by atoms with Gasteiger partial charge in [0, 0.05) is 47.7 Å². The summed E-state index contributed by atoms with van der Waals surface area (Å²) in [5, 5.41) is 21.0. The number of fused-ring (bicyclic) bond motifs is 1. The van der Waals surface area contributed by atoms with Gasteiger partial charge in [-0.25, -0.2) is 0 Å². The summed E-state index contributed by atoms with van der Waals surface area (Å²) in [6, 6.07) is 18.5. The van der Waals surface area contributed by atoms with Crippen LogP contribution in [0.25, 0.3) is 0 Å². The van der Waals surface area contributed by atoms with Crippen molar-refractivity contribution < 1.29 is 14.6 Å². The zero-order valence-electron chi connectivity index (χ0n) is 21.8. The third-order valence-corrected chi connectivity index (χ3v) is 7.05.